The van der Waals surface area contributed by atoms with Crippen molar-refractivity contribution in [3.05, 3.63) is 48.8 Å². The van der Waals surface area contributed by atoms with Crippen LogP contribution in [0, 0.1) is 5.92 Å². The molecular weight excluding hydrogens is 326 g/mol. The minimum Gasteiger partial charge on any atom is -0.323 e. The Morgan fingerprint density at radius 1 is 1.38 bits per heavy atom. The maximum absolute atomic E-state index is 12.1. The van der Waals surface area contributed by atoms with Crippen molar-refractivity contribution in [1.82, 2.24) is 9.78 Å². The van der Waals surface area contributed by atoms with Crippen LogP contribution in [0.5, 0.6) is 0 Å². The highest BCUT2D eigenvalue weighted by Gasteiger charge is 2.17. The minimum atomic E-state index is -3.37. The van der Waals surface area contributed by atoms with Crippen LogP contribution >= 0.6 is 0 Å². The zero-order valence-electron chi connectivity index (χ0n) is 13.3. The van der Waals surface area contributed by atoms with Crippen LogP contribution in [0.15, 0.2) is 53.7 Å². The van der Waals surface area contributed by atoms with Gasteiger partial charge in [-0.1, -0.05) is 24.3 Å². The number of hydrogen-bond acceptors (Lipinski definition) is 4. The lowest BCUT2D eigenvalue weighted by Crippen LogP contribution is -2.14. The number of anilines is 1. The van der Waals surface area contributed by atoms with Crippen molar-refractivity contribution in [2.75, 3.05) is 11.6 Å². The van der Waals surface area contributed by atoms with Gasteiger partial charge in [-0.25, -0.2) is 13.1 Å². The number of carbonyl (C=O) groups is 1. The molecule has 24 heavy (non-hydrogen) atoms. The molecule has 0 aliphatic heterocycles. The van der Waals surface area contributed by atoms with Crippen molar-refractivity contribution >= 4 is 21.4 Å². The molecular formula is C17H19N3O3S. The van der Waals surface area contributed by atoms with Crippen LogP contribution < -0.4 is 5.32 Å². The largest absolute Gasteiger partial charge is 0.323 e. The molecule has 1 aliphatic rings. The molecule has 1 N–H and O–H groups in total. The SMILES string of the molecule is CS(=O)(=O)c1ccccc1-n1cc(NC(=O)CC2C=CCC2)cn1. The Balaban J connectivity index is 1.76. The van der Waals surface area contributed by atoms with Crippen molar-refractivity contribution < 1.29 is 13.2 Å². The smallest absolute Gasteiger partial charge is 0.225 e. The predicted molar refractivity (Wildman–Crippen MR) is 91.8 cm³/mol. The van der Waals surface area contributed by atoms with E-state index in [0.29, 0.717) is 23.7 Å². The van der Waals surface area contributed by atoms with Gasteiger partial charge in [0, 0.05) is 12.7 Å². The van der Waals surface area contributed by atoms with Crippen LogP contribution in [0.3, 0.4) is 0 Å². The molecule has 1 amide bonds. The molecule has 126 valence electrons. The third-order valence-electron chi connectivity index (χ3n) is 3.94. The number of hydrogen-bond donors (Lipinski definition) is 1. The van der Waals surface area contributed by atoms with Crippen LogP contribution in [0.2, 0.25) is 0 Å². The summed E-state index contributed by atoms with van der Waals surface area (Å²) in [7, 11) is -3.37. The van der Waals surface area contributed by atoms with Gasteiger partial charge in [-0.3, -0.25) is 4.79 Å². The van der Waals surface area contributed by atoms with Crippen LogP contribution in [0.1, 0.15) is 19.3 Å². The fourth-order valence-corrected chi connectivity index (χ4v) is 3.66. The molecule has 0 saturated carbocycles. The highest BCUT2D eigenvalue weighted by Crippen LogP contribution is 2.22. The molecule has 1 aromatic heterocycles. The van der Waals surface area contributed by atoms with E-state index in [1.807, 2.05) is 0 Å². The van der Waals surface area contributed by atoms with E-state index < -0.39 is 9.84 Å². The molecule has 0 radical (unpaired) electrons. The number of carbonyl (C=O) groups excluding carboxylic acids is 1. The lowest BCUT2D eigenvalue weighted by molar-refractivity contribution is -0.116. The second-order valence-electron chi connectivity index (χ2n) is 5.93. The van der Waals surface area contributed by atoms with Crippen molar-refractivity contribution in [1.29, 1.82) is 0 Å². The van der Waals surface area contributed by atoms with Crippen LogP contribution in [0.4, 0.5) is 5.69 Å². The zero-order chi connectivity index (χ0) is 17.2. The Labute approximate surface area is 141 Å². The first-order valence-corrected chi connectivity index (χ1v) is 9.63. The van der Waals surface area contributed by atoms with Gasteiger partial charge in [-0.2, -0.15) is 5.10 Å². The monoisotopic (exact) mass is 345 g/mol. The van der Waals surface area contributed by atoms with E-state index in [9.17, 15) is 13.2 Å². The van der Waals surface area contributed by atoms with Crippen molar-refractivity contribution in [2.45, 2.75) is 24.2 Å². The molecule has 1 aromatic carbocycles. The molecule has 0 spiro atoms. The number of amides is 1. The number of nitrogens with zero attached hydrogens (tertiary/aromatic N) is 2. The number of allylic oxidation sites excluding steroid dienone is 2. The first-order chi connectivity index (χ1) is 11.4. The topological polar surface area (TPSA) is 81.1 Å². The fourth-order valence-electron chi connectivity index (χ4n) is 2.79. The van der Waals surface area contributed by atoms with Gasteiger partial charge in [-0.15, -0.1) is 0 Å². The van der Waals surface area contributed by atoms with E-state index in [0.717, 1.165) is 19.1 Å². The molecule has 1 heterocycles. The summed E-state index contributed by atoms with van der Waals surface area (Å²) in [6.45, 7) is 0. The van der Waals surface area contributed by atoms with E-state index in [4.69, 9.17) is 0 Å². The summed E-state index contributed by atoms with van der Waals surface area (Å²) in [5, 5.41) is 6.98. The molecule has 1 unspecified atom stereocenters. The number of para-hydroxylation sites is 1. The molecule has 6 nitrogen and oxygen atoms in total. The average Bonchev–Trinajstić information content (AvgIpc) is 3.18. The summed E-state index contributed by atoms with van der Waals surface area (Å²) < 4.78 is 25.2. The third-order valence-corrected chi connectivity index (χ3v) is 5.08. The Bertz CT molecular complexity index is 884. The van der Waals surface area contributed by atoms with Gasteiger partial charge < -0.3 is 5.32 Å². The average molecular weight is 345 g/mol. The van der Waals surface area contributed by atoms with E-state index in [1.165, 1.54) is 16.9 Å². The maximum Gasteiger partial charge on any atom is 0.225 e. The Morgan fingerprint density at radius 3 is 2.88 bits per heavy atom. The van der Waals surface area contributed by atoms with Crippen molar-refractivity contribution in [2.24, 2.45) is 5.92 Å². The first-order valence-electron chi connectivity index (χ1n) is 7.74. The van der Waals surface area contributed by atoms with E-state index in [2.05, 4.69) is 22.6 Å². The van der Waals surface area contributed by atoms with E-state index in [1.54, 1.807) is 24.4 Å². The Morgan fingerprint density at radius 2 is 2.17 bits per heavy atom. The van der Waals surface area contributed by atoms with Crippen LogP contribution in [-0.2, 0) is 14.6 Å². The van der Waals surface area contributed by atoms with Gasteiger partial charge in [0.2, 0.25) is 5.91 Å². The number of nitrogens with one attached hydrogen (secondary N) is 1. The van der Waals surface area contributed by atoms with Crippen molar-refractivity contribution in [3.63, 3.8) is 0 Å². The minimum absolute atomic E-state index is 0.0671. The number of benzene rings is 1. The number of rotatable bonds is 5. The van der Waals surface area contributed by atoms with E-state index in [-0.39, 0.29) is 10.8 Å². The fraction of sp³-hybridized carbons (Fsp3) is 0.294. The Kier molecular flexibility index (Phi) is 4.53. The van der Waals surface area contributed by atoms with Crippen LogP contribution in [0.25, 0.3) is 5.69 Å². The second kappa shape index (κ2) is 6.60. The van der Waals surface area contributed by atoms with Gasteiger partial charge in [0.05, 0.1) is 28.7 Å². The lowest BCUT2D eigenvalue weighted by atomic mass is 10.1. The van der Waals surface area contributed by atoms with Gasteiger partial charge in [0.25, 0.3) is 0 Å². The van der Waals surface area contributed by atoms with Gasteiger partial charge in [-0.05, 0) is 30.9 Å². The quantitative estimate of drug-likeness (QED) is 0.845. The molecule has 0 bridgehead atoms. The summed E-state index contributed by atoms with van der Waals surface area (Å²) in [5.74, 6) is 0.230. The number of sulfone groups is 1. The lowest BCUT2D eigenvalue weighted by Gasteiger charge is -2.08. The van der Waals surface area contributed by atoms with E-state index >= 15 is 0 Å². The number of aromatic nitrogens is 2. The molecule has 7 heteroatoms. The molecule has 3 rings (SSSR count). The first kappa shape index (κ1) is 16.4. The summed E-state index contributed by atoms with van der Waals surface area (Å²) in [6, 6.07) is 6.63. The predicted octanol–water partition coefficient (Wildman–Crippen LogP) is 2.57. The Hall–Kier alpha value is -2.41. The molecule has 0 saturated heterocycles. The molecule has 1 atom stereocenters. The highest BCUT2D eigenvalue weighted by atomic mass is 32.2. The second-order valence-corrected chi connectivity index (χ2v) is 7.92. The zero-order valence-corrected chi connectivity index (χ0v) is 14.2. The summed E-state index contributed by atoms with van der Waals surface area (Å²) >= 11 is 0. The summed E-state index contributed by atoms with van der Waals surface area (Å²) in [5.41, 5.74) is 1.00. The summed E-state index contributed by atoms with van der Waals surface area (Å²) in [6.07, 6.45) is 10.9. The third kappa shape index (κ3) is 3.73. The highest BCUT2D eigenvalue weighted by molar-refractivity contribution is 7.90. The molecule has 1 aliphatic carbocycles. The summed E-state index contributed by atoms with van der Waals surface area (Å²) in [4.78, 5) is 12.3. The normalized spacial score (nSPS) is 17.1. The van der Waals surface area contributed by atoms with Gasteiger partial charge in [0.1, 0.15) is 0 Å². The maximum atomic E-state index is 12.1. The van der Waals surface area contributed by atoms with Gasteiger partial charge in [0.15, 0.2) is 9.84 Å². The molecule has 0 fully saturated rings. The van der Waals surface area contributed by atoms with Gasteiger partial charge >= 0.3 is 0 Å². The van der Waals surface area contributed by atoms with Crippen molar-refractivity contribution in [3.8, 4) is 5.69 Å². The molecule has 2 aromatic rings. The van der Waals surface area contributed by atoms with Crippen LogP contribution in [-0.4, -0.2) is 30.4 Å². The standard InChI is InChI=1S/C17H19N3O3S/c1-24(22,23)16-9-5-4-8-15(16)20-12-14(11-18-20)19-17(21)10-13-6-2-3-7-13/h2,4-6,8-9,11-13H,3,7,10H2,1H3,(H,19,21).